The number of aromatic nitrogens is 1. The summed E-state index contributed by atoms with van der Waals surface area (Å²) in [5.74, 6) is -2.42. The molecule has 1 heterocycles. The van der Waals surface area contributed by atoms with Gasteiger partial charge in [0.05, 0.1) is 18.4 Å². The Labute approximate surface area is 141 Å². The van der Waals surface area contributed by atoms with Gasteiger partial charge in [0.15, 0.2) is 11.7 Å². The van der Waals surface area contributed by atoms with E-state index in [1.165, 1.54) is 12.3 Å². The second-order valence-corrected chi connectivity index (χ2v) is 5.04. The van der Waals surface area contributed by atoms with Crippen LogP contribution in [0, 0.1) is 11.6 Å². The summed E-state index contributed by atoms with van der Waals surface area (Å²) >= 11 is 0. The van der Waals surface area contributed by atoms with Gasteiger partial charge in [0.1, 0.15) is 18.2 Å². The third-order valence-corrected chi connectivity index (χ3v) is 3.11. The van der Waals surface area contributed by atoms with E-state index in [1.807, 2.05) is 0 Å². The van der Waals surface area contributed by atoms with Crippen molar-refractivity contribution in [2.45, 2.75) is 12.8 Å². The molecular formula is C16H16F2N2O5. The molecule has 25 heavy (non-hydrogen) atoms. The second kappa shape index (κ2) is 8.88. The second-order valence-electron chi connectivity index (χ2n) is 5.04. The molecule has 134 valence electrons. The standard InChI is InChI=1S/C16H16F2N2O5/c17-10-1-2-11(12(18)7-10)13-8-20-15(25-13)4-3-14(21)19-5-6-24-9-16(22)23/h1-2,7-8H,3-6,9H2,(H,19,21)(H,22,23). The quantitative estimate of drug-likeness (QED) is 0.666. The molecule has 0 aliphatic carbocycles. The fraction of sp³-hybridized carbons (Fsp3) is 0.312. The molecule has 0 bridgehead atoms. The topological polar surface area (TPSA) is 102 Å². The molecule has 1 aromatic heterocycles. The van der Waals surface area contributed by atoms with E-state index in [2.05, 4.69) is 10.3 Å². The maximum atomic E-state index is 13.7. The largest absolute Gasteiger partial charge is 0.480 e. The Balaban J connectivity index is 1.77. The van der Waals surface area contributed by atoms with Crippen molar-refractivity contribution in [1.29, 1.82) is 0 Å². The van der Waals surface area contributed by atoms with Crippen molar-refractivity contribution >= 4 is 11.9 Å². The Morgan fingerprint density at radius 1 is 1.32 bits per heavy atom. The molecule has 0 fully saturated rings. The van der Waals surface area contributed by atoms with Crippen molar-refractivity contribution in [2.75, 3.05) is 19.8 Å². The molecule has 0 radical (unpaired) electrons. The number of nitrogens with one attached hydrogen (secondary N) is 1. The van der Waals surface area contributed by atoms with Gasteiger partial charge in [0.2, 0.25) is 5.91 Å². The predicted molar refractivity (Wildman–Crippen MR) is 81.6 cm³/mol. The maximum absolute atomic E-state index is 13.7. The van der Waals surface area contributed by atoms with E-state index in [-0.39, 0.29) is 49.1 Å². The number of aliphatic carboxylic acids is 1. The molecule has 0 saturated carbocycles. The van der Waals surface area contributed by atoms with E-state index in [9.17, 15) is 18.4 Å². The zero-order chi connectivity index (χ0) is 18.2. The number of carbonyl (C=O) groups is 2. The van der Waals surface area contributed by atoms with E-state index in [0.29, 0.717) is 0 Å². The van der Waals surface area contributed by atoms with Crippen molar-refractivity contribution in [1.82, 2.24) is 10.3 Å². The summed E-state index contributed by atoms with van der Waals surface area (Å²) in [5.41, 5.74) is 0.0835. The Bertz CT molecular complexity index is 748. The van der Waals surface area contributed by atoms with Crippen LogP contribution in [-0.2, 0) is 20.7 Å². The lowest BCUT2D eigenvalue weighted by atomic mass is 10.2. The van der Waals surface area contributed by atoms with Gasteiger partial charge in [-0.2, -0.15) is 0 Å². The zero-order valence-corrected chi connectivity index (χ0v) is 13.1. The summed E-state index contributed by atoms with van der Waals surface area (Å²) in [6, 6.07) is 3.11. The molecule has 2 aromatic rings. The van der Waals surface area contributed by atoms with Crippen LogP contribution < -0.4 is 5.32 Å². The molecule has 1 amide bonds. The van der Waals surface area contributed by atoms with Crippen molar-refractivity contribution < 1.29 is 32.6 Å². The molecule has 7 nitrogen and oxygen atoms in total. The molecule has 9 heteroatoms. The number of carbonyl (C=O) groups excluding carboxylic acids is 1. The molecule has 0 unspecified atom stereocenters. The van der Waals surface area contributed by atoms with Gasteiger partial charge in [0.25, 0.3) is 0 Å². The lowest BCUT2D eigenvalue weighted by Gasteiger charge is -2.04. The lowest BCUT2D eigenvalue weighted by molar-refractivity contribution is -0.142. The summed E-state index contributed by atoms with van der Waals surface area (Å²) in [5, 5.41) is 10.9. The molecule has 0 saturated heterocycles. The molecule has 0 aliphatic rings. The number of amides is 1. The number of hydrogen-bond donors (Lipinski definition) is 2. The molecular weight excluding hydrogens is 338 g/mol. The van der Waals surface area contributed by atoms with Crippen LogP contribution in [0.3, 0.4) is 0 Å². The molecule has 0 aliphatic heterocycles. The van der Waals surface area contributed by atoms with Gasteiger partial charge in [-0.25, -0.2) is 18.6 Å². The van der Waals surface area contributed by atoms with Crippen molar-refractivity contribution in [2.24, 2.45) is 0 Å². The smallest absolute Gasteiger partial charge is 0.329 e. The predicted octanol–water partition coefficient (Wildman–Crippen LogP) is 1.77. The Morgan fingerprint density at radius 2 is 2.12 bits per heavy atom. The molecule has 1 aromatic carbocycles. The fourth-order valence-corrected chi connectivity index (χ4v) is 1.97. The molecule has 2 N–H and O–H groups in total. The van der Waals surface area contributed by atoms with E-state index in [0.717, 1.165) is 12.1 Å². The van der Waals surface area contributed by atoms with E-state index >= 15 is 0 Å². The Hall–Kier alpha value is -2.81. The molecule has 2 rings (SSSR count). The number of halogens is 2. The normalized spacial score (nSPS) is 10.6. The summed E-state index contributed by atoms with van der Waals surface area (Å²) in [4.78, 5) is 25.8. The zero-order valence-electron chi connectivity index (χ0n) is 13.1. The van der Waals surface area contributed by atoms with E-state index in [4.69, 9.17) is 14.3 Å². The van der Waals surface area contributed by atoms with Gasteiger partial charge in [-0.15, -0.1) is 0 Å². The van der Waals surface area contributed by atoms with Crippen LogP contribution in [0.5, 0.6) is 0 Å². The summed E-state index contributed by atoms with van der Waals surface area (Å²) < 4.78 is 36.7. The first-order valence-electron chi connectivity index (χ1n) is 7.42. The van der Waals surface area contributed by atoms with Crippen LogP contribution in [0.4, 0.5) is 8.78 Å². The lowest BCUT2D eigenvalue weighted by Crippen LogP contribution is -2.28. The van der Waals surface area contributed by atoms with Gasteiger partial charge < -0.3 is 19.6 Å². The summed E-state index contributed by atoms with van der Waals surface area (Å²) in [6.45, 7) is -0.149. The number of benzene rings is 1. The number of hydrogen-bond acceptors (Lipinski definition) is 5. The Morgan fingerprint density at radius 3 is 2.84 bits per heavy atom. The Kier molecular flexibility index (Phi) is 6.58. The first kappa shape index (κ1) is 18.5. The number of nitrogens with zero attached hydrogens (tertiary/aromatic N) is 1. The number of aryl methyl sites for hydroxylation is 1. The summed E-state index contributed by atoms with van der Waals surface area (Å²) in [7, 11) is 0. The number of rotatable bonds is 9. The third kappa shape index (κ3) is 5.96. The van der Waals surface area contributed by atoms with Gasteiger partial charge in [-0.1, -0.05) is 0 Å². The van der Waals surface area contributed by atoms with Crippen LogP contribution in [0.15, 0.2) is 28.8 Å². The van der Waals surface area contributed by atoms with Crippen molar-refractivity contribution in [3.8, 4) is 11.3 Å². The van der Waals surface area contributed by atoms with Crippen LogP contribution >= 0.6 is 0 Å². The highest BCUT2D eigenvalue weighted by molar-refractivity contribution is 5.76. The number of carboxylic acid groups (broad SMARTS) is 1. The van der Waals surface area contributed by atoms with Crippen LogP contribution in [0.25, 0.3) is 11.3 Å². The first-order valence-corrected chi connectivity index (χ1v) is 7.42. The minimum absolute atomic E-state index is 0.0835. The van der Waals surface area contributed by atoms with Crippen LogP contribution in [0.2, 0.25) is 0 Å². The molecule has 0 atom stereocenters. The highest BCUT2D eigenvalue weighted by Gasteiger charge is 2.13. The monoisotopic (exact) mass is 354 g/mol. The first-order chi connectivity index (χ1) is 12.0. The van der Waals surface area contributed by atoms with Gasteiger partial charge in [-0.05, 0) is 12.1 Å². The number of oxazole rings is 1. The highest BCUT2D eigenvalue weighted by atomic mass is 19.1. The van der Waals surface area contributed by atoms with Crippen LogP contribution in [-0.4, -0.2) is 41.7 Å². The van der Waals surface area contributed by atoms with Crippen LogP contribution in [0.1, 0.15) is 12.3 Å². The van der Waals surface area contributed by atoms with Gasteiger partial charge >= 0.3 is 5.97 Å². The van der Waals surface area contributed by atoms with Gasteiger partial charge in [-0.3, -0.25) is 4.79 Å². The van der Waals surface area contributed by atoms with Crippen molar-refractivity contribution in [3.63, 3.8) is 0 Å². The average Bonchev–Trinajstić information content (AvgIpc) is 3.01. The third-order valence-electron chi connectivity index (χ3n) is 3.11. The maximum Gasteiger partial charge on any atom is 0.329 e. The number of ether oxygens (including phenoxy) is 1. The molecule has 0 spiro atoms. The SMILES string of the molecule is O=C(O)COCCNC(=O)CCc1ncc(-c2ccc(F)cc2F)o1. The van der Waals surface area contributed by atoms with E-state index < -0.39 is 24.2 Å². The number of carboxylic acids is 1. The minimum atomic E-state index is -1.08. The van der Waals surface area contributed by atoms with Gasteiger partial charge in [0, 0.05) is 25.5 Å². The highest BCUT2D eigenvalue weighted by Crippen LogP contribution is 2.24. The minimum Gasteiger partial charge on any atom is -0.480 e. The van der Waals surface area contributed by atoms with E-state index in [1.54, 1.807) is 0 Å². The summed E-state index contributed by atoms with van der Waals surface area (Å²) in [6.07, 6.45) is 1.60. The average molecular weight is 354 g/mol. The fourth-order valence-electron chi connectivity index (χ4n) is 1.97. The van der Waals surface area contributed by atoms with Crippen molar-refractivity contribution in [3.05, 3.63) is 41.9 Å².